The predicted molar refractivity (Wildman–Crippen MR) is 124 cm³/mol. The van der Waals surface area contributed by atoms with Crippen LogP contribution in [0, 0.1) is 0 Å². The highest BCUT2D eigenvalue weighted by atomic mass is 16.5. The number of nitrogens with one attached hydrogen (secondary N) is 2. The normalized spacial score (nSPS) is 13.4. The minimum absolute atomic E-state index is 0.192. The predicted octanol–water partition coefficient (Wildman–Crippen LogP) is 2.52. The van der Waals surface area contributed by atoms with Gasteiger partial charge in [-0.25, -0.2) is 4.79 Å². The molecule has 0 aliphatic rings. The number of carboxylic acids is 1. The van der Waals surface area contributed by atoms with E-state index in [1.807, 2.05) is 54.6 Å². The van der Waals surface area contributed by atoms with Gasteiger partial charge in [-0.05, 0) is 42.1 Å². The molecule has 0 radical (unpaired) electrons. The van der Waals surface area contributed by atoms with Crippen molar-refractivity contribution in [1.82, 2.24) is 10.6 Å². The molecule has 3 N–H and O–H groups in total. The van der Waals surface area contributed by atoms with Gasteiger partial charge in [-0.1, -0.05) is 49.4 Å². The molecule has 0 heterocycles. The van der Waals surface area contributed by atoms with Gasteiger partial charge in [0.15, 0.2) is 0 Å². The maximum atomic E-state index is 12.9. The summed E-state index contributed by atoms with van der Waals surface area (Å²) in [7, 11) is 2.86. The molecule has 0 aromatic heterocycles. The summed E-state index contributed by atoms with van der Waals surface area (Å²) in [5.74, 6) is -1.28. The molecule has 3 atom stereocenters. The van der Waals surface area contributed by atoms with E-state index in [1.165, 1.54) is 7.11 Å². The van der Waals surface area contributed by atoms with Crippen LogP contribution in [0.15, 0.2) is 54.6 Å². The monoisotopic (exact) mass is 456 g/mol. The molecule has 2 rings (SSSR count). The summed E-state index contributed by atoms with van der Waals surface area (Å²) in [5.41, 5.74) is 1.97. The van der Waals surface area contributed by atoms with E-state index in [4.69, 9.17) is 9.47 Å². The van der Waals surface area contributed by atoms with Crippen molar-refractivity contribution in [2.24, 2.45) is 0 Å². The number of benzene rings is 2. The Morgan fingerprint density at radius 1 is 0.970 bits per heavy atom. The molecule has 0 saturated carbocycles. The number of hydrogen-bond acceptors (Lipinski definition) is 6. The Morgan fingerprint density at radius 3 is 2.21 bits per heavy atom. The molecule has 2 aromatic rings. The van der Waals surface area contributed by atoms with Crippen LogP contribution in [0.3, 0.4) is 0 Å². The summed E-state index contributed by atoms with van der Waals surface area (Å²) in [4.78, 5) is 36.4. The molecule has 8 heteroatoms. The van der Waals surface area contributed by atoms with Crippen LogP contribution >= 0.6 is 0 Å². The van der Waals surface area contributed by atoms with Crippen LogP contribution in [0.25, 0.3) is 0 Å². The quantitative estimate of drug-likeness (QED) is 0.397. The first-order chi connectivity index (χ1) is 15.8. The molecule has 0 spiro atoms. The Balaban J connectivity index is 1.98. The van der Waals surface area contributed by atoms with Crippen molar-refractivity contribution >= 4 is 17.8 Å². The van der Waals surface area contributed by atoms with Gasteiger partial charge in [0.05, 0.1) is 26.7 Å². The standard InChI is InChI=1S/C25H32N2O6/c1-17(19-9-11-20(32-2)12-10-19)13-14-26-21(16-23(28)29)24(30)27-22(25(31)33-3)15-18-7-5-4-6-8-18/h4-12,17,21-22,26H,13-16H2,1-3H3,(H,27,30)(H,28,29)/t17?,21-,22-/m0/s1. The van der Waals surface area contributed by atoms with Crippen molar-refractivity contribution in [2.45, 2.75) is 44.2 Å². The molecule has 8 nitrogen and oxygen atoms in total. The molecule has 1 unspecified atom stereocenters. The fraction of sp³-hybridized carbons (Fsp3) is 0.400. The minimum atomic E-state index is -1.11. The summed E-state index contributed by atoms with van der Waals surface area (Å²) in [5, 5.41) is 15.0. The van der Waals surface area contributed by atoms with Crippen LogP contribution in [-0.4, -0.2) is 55.8 Å². The fourth-order valence-electron chi connectivity index (χ4n) is 3.46. The first-order valence-electron chi connectivity index (χ1n) is 10.8. The van der Waals surface area contributed by atoms with E-state index in [0.29, 0.717) is 13.0 Å². The second kappa shape index (κ2) is 13.2. The van der Waals surface area contributed by atoms with E-state index in [2.05, 4.69) is 17.6 Å². The van der Waals surface area contributed by atoms with Crippen LogP contribution in [0.1, 0.15) is 36.8 Å². The van der Waals surface area contributed by atoms with E-state index >= 15 is 0 Å². The zero-order valence-corrected chi connectivity index (χ0v) is 19.2. The SMILES string of the molecule is COC(=O)[C@H](Cc1ccccc1)NC(=O)[C@H](CC(=O)O)NCCC(C)c1ccc(OC)cc1. The topological polar surface area (TPSA) is 114 Å². The summed E-state index contributed by atoms with van der Waals surface area (Å²) >= 11 is 0. The highest BCUT2D eigenvalue weighted by molar-refractivity contribution is 5.90. The third-order valence-corrected chi connectivity index (χ3v) is 5.43. The maximum Gasteiger partial charge on any atom is 0.328 e. The van der Waals surface area contributed by atoms with Crippen molar-refractivity contribution in [3.63, 3.8) is 0 Å². The van der Waals surface area contributed by atoms with E-state index < -0.39 is 36.4 Å². The second-order valence-corrected chi connectivity index (χ2v) is 7.84. The number of carbonyl (C=O) groups excluding carboxylic acids is 2. The average Bonchev–Trinajstić information content (AvgIpc) is 2.82. The minimum Gasteiger partial charge on any atom is -0.497 e. The molecule has 0 bridgehead atoms. The third-order valence-electron chi connectivity index (χ3n) is 5.43. The van der Waals surface area contributed by atoms with Gasteiger partial charge in [-0.2, -0.15) is 0 Å². The van der Waals surface area contributed by atoms with Crippen LogP contribution < -0.4 is 15.4 Å². The van der Waals surface area contributed by atoms with Gasteiger partial charge in [0.25, 0.3) is 0 Å². The molecular weight excluding hydrogens is 424 g/mol. The highest BCUT2D eigenvalue weighted by Gasteiger charge is 2.27. The lowest BCUT2D eigenvalue weighted by Gasteiger charge is -2.22. The van der Waals surface area contributed by atoms with Gasteiger partial charge in [-0.3, -0.25) is 9.59 Å². The Morgan fingerprint density at radius 2 is 1.64 bits per heavy atom. The van der Waals surface area contributed by atoms with Gasteiger partial charge in [-0.15, -0.1) is 0 Å². The van der Waals surface area contributed by atoms with Gasteiger partial charge < -0.3 is 25.2 Å². The Kier molecular flexibility index (Phi) is 10.4. The van der Waals surface area contributed by atoms with E-state index in [9.17, 15) is 19.5 Å². The largest absolute Gasteiger partial charge is 0.497 e. The lowest BCUT2D eigenvalue weighted by atomic mass is 9.97. The Bertz CT molecular complexity index is 901. The van der Waals surface area contributed by atoms with Crippen LogP contribution in [0.2, 0.25) is 0 Å². The molecule has 0 aliphatic carbocycles. The van der Waals surface area contributed by atoms with E-state index in [1.54, 1.807) is 7.11 Å². The molecular formula is C25H32N2O6. The third kappa shape index (κ3) is 8.57. The van der Waals surface area contributed by atoms with Crippen LogP contribution in [0.5, 0.6) is 5.75 Å². The second-order valence-electron chi connectivity index (χ2n) is 7.84. The summed E-state index contributed by atoms with van der Waals surface area (Å²) in [6.45, 7) is 2.49. The number of methoxy groups -OCH3 is 2. The number of carboxylic acid groups (broad SMARTS) is 1. The average molecular weight is 457 g/mol. The van der Waals surface area contributed by atoms with E-state index in [-0.39, 0.29) is 12.3 Å². The first kappa shape index (κ1) is 25.9. The molecule has 0 saturated heterocycles. The van der Waals surface area contributed by atoms with Gasteiger partial charge >= 0.3 is 11.9 Å². The number of hydrogen-bond donors (Lipinski definition) is 3. The van der Waals surface area contributed by atoms with Crippen molar-refractivity contribution in [3.05, 3.63) is 65.7 Å². The summed E-state index contributed by atoms with van der Waals surface area (Å²) < 4.78 is 10.00. The first-order valence-corrected chi connectivity index (χ1v) is 10.8. The van der Waals surface area contributed by atoms with Crippen molar-refractivity contribution in [2.75, 3.05) is 20.8 Å². The van der Waals surface area contributed by atoms with Crippen molar-refractivity contribution in [3.8, 4) is 5.75 Å². The van der Waals surface area contributed by atoms with Crippen LogP contribution in [0.4, 0.5) is 0 Å². The Labute approximate surface area is 194 Å². The smallest absolute Gasteiger partial charge is 0.328 e. The van der Waals surface area contributed by atoms with Crippen LogP contribution in [-0.2, 0) is 25.5 Å². The fourth-order valence-corrected chi connectivity index (χ4v) is 3.46. The zero-order valence-electron chi connectivity index (χ0n) is 19.2. The molecule has 2 aromatic carbocycles. The number of ether oxygens (including phenoxy) is 2. The van der Waals surface area contributed by atoms with Crippen molar-refractivity contribution in [1.29, 1.82) is 0 Å². The number of aliphatic carboxylic acids is 1. The van der Waals surface area contributed by atoms with Gasteiger partial charge in [0, 0.05) is 6.42 Å². The van der Waals surface area contributed by atoms with Gasteiger partial charge in [0.1, 0.15) is 11.8 Å². The number of carbonyl (C=O) groups is 3. The number of amides is 1. The molecule has 1 amide bonds. The highest BCUT2D eigenvalue weighted by Crippen LogP contribution is 2.21. The molecule has 178 valence electrons. The Hall–Kier alpha value is -3.39. The van der Waals surface area contributed by atoms with Crippen molar-refractivity contribution < 1.29 is 29.0 Å². The zero-order chi connectivity index (χ0) is 24.2. The molecule has 33 heavy (non-hydrogen) atoms. The van der Waals surface area contributed by atoms with E-state index in [0.717, 1.165) is 16.9 Å². The lowest BCUT2D eigenvalue weighted by Crippen LogP contribution is -2.52. The summed E-state index contributed by atoms with van der Waals surface area (Å²) in [6, 6.07) is 15.1. The lowest BCUT2D eigenvalue weighted by molar-refractivity contribution is -0.145. The molecule has 0 fully saturated rings. The number of rotatable bonds is 13. The summed E-state index contributed by atoms with van der Waals surface area (Å²) in [6.07, 6.45) is 0.537. The molecule has 0 aliphatic heterocycles. The number of esters is 1. The maximum absolute atomic E-state index is 12.9. The van der Waals surface area contributed by atoms with Gasteiger partial charge in [0.2, 0.25) is 5.91 Å².